The molecule has 1 N–H and O–H groups in total. The first-order valence-corrected chi connectivity index (χ1v) is 7.32. The molecule has 20 heavy (non-hydrogen) atoms. The Hall–Kier alpha value is -1.71. The summed E-state index contributed by atoms with van der Waals surface area (Å²) in [4.78, 5) is 12.1. The van der Waals surface area contributed by atoms with E-state index in [0.29, 0.717) is 12.3 Å². The molecular formula is C16H23NO3. The minimum atomic E-state index is -0.0161. The van der Waals surface area contributed by atoms with E-state index in [-0.39, 0.29) is 17.9 Å². The molecule has 0 spiro atoms. The van der Waals surface area contributed by atoms with Gasteiger partial charge in [0.25, 0.3) is 0 Å². The van der Waals surface area contributed by atoms with Crippen molar-refractivity contribution < 1.29 is 14.3 Å². The molecule has 0 aromatic heterocycles. The summed E-state index contributed by atoms with van der Waals surface area (Å²) in [5, 5.41) is 2.95. The van der Waals surface area contributed by atoms with E-state index in [2.05, 4.69) is 5.32 Å². The van der Waals surface area contributed by atoms with Crippen molar-refractivity contribution in [3.05, 3.63) is 17.7 Å². The summed E-state index contributed by atoms with van der Waals surface area (Å²) in [6.45, 7) is 8.47. The third-order valence-electron chi connectivity index (χ3n) is 3.62. The zero-order valence-corrected chi connectivity index (χ0v) is 12.7. The number of carbonyl (C=O) groups excluding carboxylic acids is 1. The number of benzene rings is 1. The fourth-order valence-electron chi connectivity index (χ4n) is 2.25. The molecule has 1 amide bonds. The van der Waals surface area contributed by atoms with Gasteiger partial charge in [-0.2, -0.15) is 0 Å². The number of rotatable bonds is 5. The van der Waals surface area contributed by atoms with Gasteiger partial charge in [-0.1, -0.05) is 13.8 Å². The molecule has 0 saturated carbocycles. The molecule has 4 nitrogen and oxygen atoms in total. The number of hydrogen-bond acceptors (Lipinski definition) is 3. The SMILES string of the molecule is CCOc1cc2c(cc1NC(=O)C(C)CC)OC(C)C2. The summed E-state index contributed by atoms with van der Waals surface area (Å²) in [5.41, 5.74) is 1.84. The first-order chi connectivity index (χ1) is 9.55. The van der Waals surface area contributed by atoms with Crippen LogP contribution in [0, 0.1) is 5.92 Å². The van der Waals surface area contributed by atoms with Crippen LogP contribution in [0.3, 0.4) is 0 Å². The molecule has 1 aromatic carbocycles. The smallest absolute Gasteiger partial charge is 0.227 e. The topological polar surface area (TPSA) is 47.6 Å². The van der Waals surface area contributed by atoms with Gasteiger partial charge in [0, 0.05) is 24.0 Å². The van der Waals surface area contributed by atoms with Gasteiger partial charge < -0.3 is 14.8 Å². The molecule has 0 radical (unpaired) electrons. The zero-order valence-electron chi connectivity index (χ0n) is 12.7. The quantitative estimate of drug-likeness (QED) is 0.897. The number of hydrogen-bond donors (Lipinski definition) is 1. The van der Waals surface area contributed by atoms with E-state index in [1.807, 2.05) is 39.8 Å². The summed E-state index contributed by atoms with van der Waals surface area (Å²) in [6.07, 6.45) is 1.88. The number of ether oxygens (including phenoxy) is 2. The van der Waals surface area contributed by atoms with Gasteiger partial charge in [-0.15, -0.1) is 0 Å². The van der Waals surface area contributed by atoms with Crippen molar-refractivity contribution in [2.75, 3.05) is 11.9 Å². The van der Waals surface area contributed by atoms with Crippen molar-refractivity contribution in [3.63, 3.8) is 0 Å². The number of anilines is 1. The molecule has 1 aliphatic heterocycles. The minimum absolute atomic E-state index is 0.0134. The van der Waals surface area contributed by atoms with Gasteiger partial charge in [0.2, 0.25) is 5.91 Å². The minimum Gasteiger partial charge on any atom is -0.492 e. The third kappa shape index (κ3) is 3.06. The third-order valence-corrected chi connectivity index (χ3v) is 3.62. The largest absolute Gasteiger partial charge is 0.492 e. The molecule has 0 saturated heterocycles. The van der Waals surface area contributed by atoms with Crippen molar-refractivity contribution in [3.8, 4) is 11.5 Å². The maximum absolute atomic E-state index is 12.1. The van der Waals surface area contributed by atoms with Crippen LogP contribution in [0.2, 0.25) is 0 Å². The standard InChI is InChI=1S/C16H23NO3/c1-5-10(3)16(18)17-13-9-14-12(7-11(4)20-14)8-15(13)19-6-2/h8-11H,5-7H2,1-4H3,(H,17,18). The normalized spacial score (nSPS) is 18.1. The van der Waals surface area contributed by atoms with Crippen LogP contribution in [0.4, 0.5) is 5.69 Å². The lowest BCUT2D eigenvalue weighted by molar-refractivity contribution is -0.119. The van der Waals surface area contributed by atoms with Crippen LogP contribution in [0.1, 0.15) is 39.7 Å². The lowest BCUT2D eigenvalue weighted by Crippen LogP contribution is -2.20. The second-order valence-corrected chi connectivity index (χ2v) is 5.32. The molecule has 1 aliphatic rings. The monoisotopic (exact) mass is 277 g/mol. The highest BCUT2D eigenvalue weighted by Crippen LogP contribution is 2.38. The van der Waals surface area contributed by atoms with Crippen LogP contribution in [0.25, 0.3) is 0 Å². The molecule has 4 heteroatoms. The van der Waals surface area contributed by atoms with Crippen molar-refractivity contribution in [2.24, 2.45) is 5.92 Å². The van der Waals surface area contributed by atoms with E-state index in [9.17, 15) is 4.79 Å². The highest BCUT2D eigenvalue weighted by atomic mass is 16.5. The van der Waals surface area contributed by atoms with Gasteiger partial charge in [-0.05, 0) is 26.3 Å². The Balaban J connectivity index is 2.27. The first-order valence-electron chi connectivity index (χ1n) is 7.32. The van der Waals surface area contributed by atoms with E-state index in [4.69, 9.17) is 9.47 Å². The Morgan fingerprint density at radius 2 is 2.25 bits per heavy atom. The zero-order chi connectivity index (χ0) is 14.7. The highest BCUT2D eigenvalue weighted by molar-refractivity contribution is 5.94. The lowest BCUT2D eigenvalue weighted by atomic mass is 10.1. The summed E-state index contributed by atoms with van der Waals surface area (Å²) < 4.78 is 11.4. The van der Waals surface area contributed by atoms with E-state index >= 15 is 0 Å². The number of nitrogens with one attached hydrogen (secondary N) is 1. The second-order valence-electron chi connectivity index (χ2n) is 5.32. The summed E-state index contributed by atoms with van der Waals surface area (Å²) in [5.74, 6) is 1.57. The van der Waals surface area contributed by atoms with E-state index in [1.54, 1.807) is 0 Å². The fourth-order valence-corrected chi connectivity index (χ4v) is 2.25. The van der Waals surface area contributed by atoms with Gasteiger partial charge in [-0.25, -0.2) is 0 Å². The van der Waals surface area contributed by atoms with Crippen LogP contribution >= 0.6 is 0 Å². The summed E-state index contributed by atoms with van der Waals surface area (Å²) >= 11 is 0. The van der Waals surface area contributed by atoms with Crippen LogP contribution in [-0.4, -0.2) is 18.6 Å². The van der Waals surface area contributed by atoms with Gasteiger partial charge in [0.15, 0.2) is 0 Å². The van der Waals surface area contributed by atoms with Gasteiger partial charge in [-0.3, -0.25) is 4.79 Å². The maximum Gasteiger partial charge on any atom is 0.227 e. The summed E-state index contributed by atoms with van der Waals surface area (Å²) in [7, 11) is 0. The Bertz CT molecular complexity index is 499. The average molecular weight is 277 g/mol. The fraction of sp³-hybridized carbons (Fsp3) is 0.562. The molecular weight excluding hydrogens is 254 g/mol. The van der Waals surface area contributed by atoms with Crippen molar-refractivity contribution in [2.45, 2.75) is 46.6 Å². The average Bonchev–Trinajstić information content (AvgIpc) is 2.77. The Morgan fingerprint density at radius 3 is 2.90 bits per heavy atom. The Labute approximate surface area is 120 Å². The van der Waals surface area contributed by atoms with Gasteiger partial charge in [0.1, 0.15) is 17.6 Å². The van der Waals surface area contributed by atoms with E-state index in [0.717, 1.165) is 29.9 Å². The predicted octanol–water partition coefficient (Wildman–Crippen LogP) is 3.39. The molecule has 1 heterocycles. The highest BCUT2D eigenvalue weighted by Gasteiger charge is 2.23. The molecule has 2 unspecified atom stereocenters. The number of amides is 1. The molecule has 2 atom stereocenters. The van der Waals surface area contributed by atoms with Crippen molar-refractivity contribution >= 4 is 11.6 Å². The molecule has 1 aromatic rings. The van der Waals surface area contributed by atoms with E-state index < -0.39 is 0 Å². The van der Waals surface area contributed by atoms with Gasteiger partial charge in [0.05, 0.1) is 12.3 Å². The lowest BCUT2D eigenvalue weighted by Gasteiger charge is -2.15. The molecule has 0 fully saturated rings. The van der Waals surface area contributed by atoms with Crippen molar-refractivity contribution in [1.82, 2.24) is 0 Å². The van der Waals surface area contributed by atoms with Crippen molar-refractivity contribution in [1.29, 1.82) is 0 Å². The van der Waals surface area contributed by atoms with Crippen LogP contribution < -0.4 is 14.8 Å². The van der Waals surface area contributed by atoms with Crippen LogP contribution in [0.15, 0.2) is 12.1 Å². The van der Waals surface area contributed by atoms with E-state index in [1.165, 1.54) is 0 Å². The second kappa shape index (κ2) is 6.16. The molecule has 0 bridgehead atoms. The maximum atomic E-state index is 12.1. The van der Waals surface area contributed by atoms with Crippen LogP contribution in [-0.2, 0) is 11.2 Å². The predicted molar refractivity (Wildman–Crippen MR) is 79.5 cm³/mol. The Morgan fingerprint density at radius 1 is 1.50 bits per heavy atom. The Kier molecular flexibility index (Phi) is 4.53. The number of carbonyl (C=O) groups is 1. The molecule has 2 rings (SSSR count). The first kappa shape index (κ1) is 14.7. The molecule has 0 aliphatic carbocycles. The number of fused-ring (bicyclic) bond motifs is 1. The van der Waals surface area contributed by atoms with Crippen LogP contribution in [0.5, 0.6) is 11.5 Å². The van der Waals surface area contributed by atoms with Gasteiger partial charge >= 0.3 is 0 Å². The molecule has 110 valence electrons. The summed E-state index contributed by atoms with van der Waals surface area (Å²) in [6, 6.07) is 3.86.